The maximum absolute atomic E-state index is 13.0. The predicted molar refractivity (Wildman–Crippen MR) is 158 cm³/mol. The highest BCUT2D eigenvalue weighted by atomic mass is 32.2. The molecule has 0 spiro atoms. The number of hydrogen-bond acceptors (Lipinski definition) is 7. The highest BCUT2D eigenvalue weighted by molar-refractivity contribution is 7.89. The number of benzene rings is 3. The largest absolute Gasteiger partial charge is 0.459 e. The van der Waals surface area contributed by atoms with Gasteiger partial charge in [0.05, 0.1) is 10.6 Å². The lowest BCUT2D eigenvalue weighted by atomic mass is 10.1. The number of thiophene rings is 1. The third kappa shape index (κ3) is 7.26. The van der Waals surface area contributed by atoms with Crippen LogP contribution in [0, 0.1) is 5.92 Å². The van der Waals surface area contributed by atoms with Crippen LogP contribution >= 0.6 is 11.3 Å². The zero-order valence-corrected chi connectivity index (χ0v) is 24.6. The van der Waals surface area contributed by atoms with Crippen molar-refractivity contribution in [3.8, 4) is 16.9 Å². The molecule has 0 radical (unpaired) electrons. The molecule has 4 rings (SSSR count). The van der Waals surface area contributed by atoms with E-state index in [0.29, 0.717) is 11.4 Å². The van der Waals surface area contributed by atoms with Crippen LogP contribution in [0.15, 0.2) is 83.1 Å². The van der Waals surface area contributed by atoms with Crippen molar-refractivity contribution in [2.75, 3.05) is 5.32 Å². The van der Waals surface area contributed by atoms with Gasteiger partial charge in [-0.25, -0.2) is 13.2 Å². The smallest absolute Gasteiger partial charge is 0.417 e. The normalized spacial score (nSPS) is 12.8. The van der Waals surface area contributed by atoms with Gasteiger partial charge >= 0.3 is 12.1 Å². The maximum atomic E-state index is 13.0. The molecule has 1 atom stereocenters. The molecule has 1 aromatic heterocycles. The van der Waals surface area contributed by atoms with Gasteiger partial charge in [0, 0.05) is 15.5 Å². The number of fused-ring (bicyclic) bond motifs is 1. The lowest BCUT2D eigenvalue weighted by molar-refractivity contribution is -0.158. The minimum absolute atomic E-state index is 0.0306. The van der Waals surface area contributed by atoms with Crippen LogP contribution in [0.5, 0.6) is 5.75 Å². The van der Waals surface area contributed by atoms with Crippen LogP contribution in [-0.4, -0.2) is 32.1 Å². The Morgan fingerprint density at radius 2 is 1.48 bits per heavy atom. The van der Waals surface area contributed by atoms with E-state index in [1.54, 1.807) is 71.0 Å². The minimum atomic E-state index is -3.97. The van der Waals surface area contributed by atoms with Crippen LogP contribution in [0.25, 0.3) is 21.2 Å². The number of carbonyl (C=O) groups is 2. The Bertz CT molecular complexity index is 1600. The number of sulfonamides is 1. The molecule has 0 aliphatic carbocycles. The van der Waals surface area contributed by atoms with Gasteiger partial charge in [0.25, 0.3) is 0 Å². The fourth-order valence-corrected chi connectivity index (χ4v) is 6.14. The summed E-state index contributed by atoms with van der Waals surface area (Å²) in [5, 5.41) is 5.59. The number of carbonyl (C=O) groups excluding carboxylic acids is 2. The van der Waals surface area contributed by atoms with Crippen LogP contribution in [0.4, 0.5) is 10.5 Å². The van der Waals surface area contributed by atoms with E-state index in [-0.39, 0.29) is 10.8 Å². The first-order valence-corrected chi connectivity index (χ1v) is 15.1. The molecule has 40 heavy (non-hydrogen) atoms. The second kappa shape index (κ2) is 11.8. The zero-order chi connectivity index (χ0) is 29.1. The molecule has 0 saturated carbocycles. The van der Waals surface area contributed by atoms with Crippen LogP contribution in [0.3, 0.4) is 0 Å². The van der Waals surface area contributed by atoms with Gasteiger partial charge < -0.3 is 9.47 Å². The van der Waals surface area contributed by atoms with Crippen molar-refractivity contribution >= 4 is 49.2 Å². The van der Waals surface area contributed by atoms with E-state index in [2.05, 4.69) is 10.0 Å². The summed E-state index contributed by atoms with van der Waals surface area (Å²) < 4.78 is 40.4. The van der Waals surface area contributed by atoms with Crippen molar-refractivity contribution in [1.82, 2.24) is 4.72 Å². The van der Waals surface area contributed by atoms with Gasteiger partial charge in [-0.05, 0) is 68.1 Å². The first-order valence-electron chi connectivity index (χ1n) is 12.7. The Hall–Kier alpha value is -3.73. The first-order chi connectivity index (χ1) is 18.8. The van der Waals surface area contributed by atoms with Crippen molar-refractivity contribution in [3.63, 3.8) is 0 Å². The summed E-state index contributed by atoms with van der Waals surface area (Å²) in [4.78, 5) is 25.0. The van der Waals surface area contributed by atoms with E-state index in [9.17, 15) is 18.0 Å². The van der Waals surface area contributed by atoms with Crippen molar-refractivity contribution in [1.29, 1.82) is 0 Å². The molecule has 8 nitrogen and oxygen atoms in total. The van der Waals surface area contributed by atoms with Crippen molar-refractivity contribution in [2.45, 2.75) is 51.2 Å². The molecule has 0 fully saturated rings. The molecule has 1 unspecified atom stereocenters. The van der Waals surface area contributed by atoms with Gasteiger partial charge in [-0.3, -0.25) is 10.1 Å². The van der Waals surface area contributed by atoms with E-state index in [1.165, 1.54) is 23.5 Å². The summed E-state index contributed by atoms with van der Waals surface area (Å²) in [6.45, 7) is 8.70. The number of ether oxygens (including phenoxy) is 2. The molecule has 10 heteroatoms. The van der Waals surface area contributed by atoms with Crippen LogP contribution in [0.2, 0.25) is 0 Å². The zero-order valence-electron chi connectivity index (χ0n) is 22.9. The molecule has 0 saturated heterocycles. The molecule has 1 amide bonds. The number of esters is 1. The fraction of sp³-hybridized carbons (Fsp3) is 0.267. The molecule has 3 aromatic carbocycles. The second-order valence-corrected chi connectivity index (χ2v) is 13.2. The SMILES string of the molecule is CC(C)C(NS(=O)(=O)c1ccc(-c2ccc(OC(=O)Nc3csc4ccccc34)cc2)cc1)C(=O)OC(C)(C)C. The Balaban J connectivity index is 1.40. The summed E-state index contributed by atoms with van der Waals surface area (Å²) in [6.07, 6.45) is -0.593. The maximum Gasteiger partial charge on any atom is 0.417 e. The predicted octanol–water partition coefficient (Wildman–Crippen LogP) is 6.82. The van der Waals surface area contributed by atoms with Crippen LogP contribution < -0.4 is 14.8 Å². The lowest BCUT2D eigenvalue weighted by Gasteiger charge is -2.26. The molecular formula is C30H32N2O6S2. The van der Waals surface area contributed by atoms with Crippen LogP contribution in [-0.2, 0) is 19.6 Å². The Kier molecular flexibility index (Phi) is 8.62. The fourth-order valence-electron chi connectivity index (χ4n) is 3.92. The third-order valence-electron chi connectivity index (χ3n) is 5.89. The molecule has 0 aliphatic rings. The molecule has 4 aromatic rings. The molecule has 0 aliphatic heterocycles. The second-order valence-electron chi connectivity index (χ2n) is 10.6. The highest BCUT2D eigenvalue weighted by Gasteiger charge is 2.32. The number of anilines is 1. The highest BCUT2D eigenvalue weighted by Crippen LogP contribution is 2.30. The van der Waals surface area contributed by atoms with Gasteiger partial charge in [-0.15, -0.1) is 11.3 Å². The summed E-state index contributed by atoms with van der Waals surface area (Å²) in [6, 6.07) is 20.0. The molecular weight excluding hydrogens is 548 g/mol. The Morgan fingerprint density at radius 3 is 2.08 bits per heavy atom. The quantitative estimate of drug-likeness (QED) is 0.221. The number of rotatable bonds is 8. The lowest BCUT2D eigenvalue weighted by Crippen LogP contribution is -2.47. The third-order valence-corrected chi connectivity index (χ3v) is 8.31. The monoisotopic (exact) mass is 580 g/mol. The first kappa shape index (κ1) is 29.3. The topological polar surface area (TPSA) is 111 Å². The van der Waals surface area contributed by atoms with E-state index >= 15 is 0 Å². The van der Waals surface area contributed by atoms with Crippen molar-refractivity contribution in [2.24, 2.45) is 5.92 Å². The Labute approximate surface area is 238 Å². The standard InChI is InChI=1S/C30H32N2O6S2/c1-19(2)27(28(33)38-30(3,4)5)32-40(35,36)23-16-12-21(13-17-23)20-10-14-22(15-11-20)37-29(34)31-25-18-39-26-9-7-6-8-24(25)26/h6-19,27,32H,1-5H3,(H,31,34). The summed E-state index contributed by atoms with van der Waals surface area (Å²) in [5.74, 6) is -0.565. The summed E-state index contributed by atoms with van der Waals surface area (Å²) >= 11 is 1.54. The average Bonchev–Trinajstić information content (AvgIpc) is 3.29. The van der Waals surface area contributed by atoms with E-state index in [1.807, 2.05) is 29.6 Å². The molecule has 0 bridgehead atoms. The number of amides is 1. The van der Waals surface area contributed by atoms with Crippen molar-refractivity contribution in [3.05, 3.63) is 78.2 Å². The number of hydrogen-bond donors (Lipinski definition) is 2. The minimum Gasteiger partial charge on any atom is -0.459 e. The van der Waals surface area contributed by atoms with Crippen molar-refractivity contribution < 1.29 is 27.5 Å². The van der Waals surface area contributed by atoms with Crippen LogP contribution in [0.1, 0.15) is 34.6 Å². The van der Waals surface area contributed by atoms with Gasteiger partial charge in [0.15, 0.2) is 0 Å². The van der Waals surface area contributed by atoms with E-state index in [0.717, 1.165) is 21.2 Å². The van der Waals surface area contributed by atoms with E-state index in [4.69, 9.17) is 9.47 Å². The molecule has 1 heterocycles. The number of nitrogens with one attached hydrogen (secondary N) is 2. The van der Waals surface area contributed by atoms with E-state index < -0.39 is 33.7 Å². The van der Waals surface area contributed by atoms with Gasteiger partial charge in [0.1, 0.15) is 17.4 Å². The molecule has 2 N–H and O–H groups in total. The van der Waals surface area contributed by atoms with Gasteiger partial charge in [0.2, 0.25) is 10.0 Å². The van der Waals surface area contributed by atoms with Gasteiger partial charge in [-0.2, -0.15) is 4.72 Å². The Morgan fingerprint density at radius 1 is 0.875 bits per heavy atom. The van der Waals surface area contributed by atoms with Gasteiger partial charge in [-0.1, -0.05) is 56.3 Å². The average molecular weight is 581 g/mol. The summed E-state index contributed by atoms with van der Waals surface area (Å²) in [5.41, 5.74) is 1.53. The summed E-state index contributed by atoms with van der Waals surface area (Å²) in [7, 11) is -3.97. The molecule has 210 valence electrons.